The first kappa shape index (κ1) is 23.4. The number of aliphatic carboxylic acids is 1. The number of thioether (sulfide) groups is 1. The molecular formula is C19H18N6O7S2. The van der Waals surface area contributed by atoms with Crippen LogP contribution >= 0.6 is 23.1 Å². The van der Waals surface area contributed by atoms with E-state index < -0.39 is 35.2 Å². The average Bonchev–Trinajstić information content (AvgIpc) is 3.39. The van der Waals surface area contributed by atoms with Crippen molar-refractivity contribution >= 4 is 63.6 Å². The fourth-order valence-corrected chi connectivity index (χ4v) is 5.41. The van der Waals surface area contributed by atoms with Crippen molar-refractivity contribution in [1.82, 2.24) is 20.5 Å². The van der Waals surface area contributed by atoms with Gasteiger partial charge in [0.25, 0.3) is 11.8 Å². The smallest absolute Gasteiger partial charge is 0.352 e. The number of anilines is 1. The van der Waals surface area contributed by atoms with Crippen molar-refractivity contribution in [2.45, 2.75) is 24.8 Å². The van der Waals surface area contributed by atoms with Gasteiger partial charge in [-0.2, -0.15) is 0 Å². The van der Waals surface area contributed by atoms with Gasteiger partial charge >= 0.3 is 11.9 Å². The van der Waals surface area contributed by atoms with Gasteiger partial charge in [-0.25, -0.2) is 14.6 Å². The molecule has 0 spiro atoms. The van der Waals surface area contributed by atoms with E-state index in [1.807, 2.05) is 0 Å². The first-order chi connectivity index (χ1) is 16.2. The molecular weight excluding hydrogens is 488 g/mol. The maximum absolute atomic E-state index is 12.9. The molecule has 1 aromatic heterocycles. The van der Waals surface area contributed by atoms with Crippen molar-refractivity contribution < 1.29 is 33.9 Å². The Labute approximate surface area is 200 Å². The predicted octanol–water partition coefficient (Wildman–Crippen LogP) is -0.823. The molecule has 3 aliphatic heterocycles. The van der Waals surface area contributed by atoms with Crippen molar-refractivity contribution in [3.8, 4) is 0 Å². The number of hydrogen-bond donors (Lipinski definition) is 4. The van der Waals surface area contributed by atoms with Gasteiger partial charge in [-0.1, -0.05) is 5.16 Å². The Kier molecular flexibility index (Phi) is 6.39. The zero-order chi connectivity index (χ0) is 24.6. The zero-order valence-corrected chi connectivity index (χ0v) is 19.2. The van der Waals surface area contributed by atoms with Gasteiger partial charge in [-0.15, -0.1) is 23.1 Å². The molecule has 0 unspecified atom stereocenters. The molecule has 13 nitrogen and oxygen atoms in total. The number of carboxylic acid groups (broad SMARTS) is 1. The highest BCUT2D eigenvalue weighted by Crippen LogP contribution is 2.41. The summed E-state index contributed by atoms with van der Waals surface area (Å²) in [7, 11) is 0. The van der Waals surface area contributed by atoms with Crippen LogP contribution in [0.25, 0.3) is 0 Å². The Morgan fingerprint density at radius 2 is 2.18 bits per heavy atom. The van der Waals surface area contributed by atoms with E-state index in [0.29, 0.717) is 24.1 Å². The van der Waals surface area contributed by atoms with E-state index in [2.05, 4.69) is 25.6 Å². The van der Waals surface area contributed by atoms with Gasteiger partial charge in [0, 0.05) is 30.2 Å². The summed E-state index contributed by atoms with van der Waals surface area (Å²) in [5.74, 6) is -3.62. The Bertz CT molecular complexity index is 1200. The number of nitrogens with zero attached hydrogens (tertiary/aromatic N) is 3. The lowest BCUT2D eigenvalue weighted by Gasteiger charge is -2.49. The van der Waals surface area contributed by atoms with Gasteiger partial charge in [-0.3, -0.25) is 19.3 Å². The number of fused-ring (bicyclic) bond motifs is 1. The van der Waals surface area contributed by atoms with Crippen molar-refractivity contribution in [2.75, 3.05) is 18.0 Å². The summed E-state index contributed by atoms with van der Waals surface area (Å²) >= 11 is 2.28. The molecule has 0 bridgehead atoms. The van der Waals surface area contributed by atoms with Gasteiger partial charge in [0.15, 0.2) is 10.8 Å². The fraction of sp³-hybridized carbons (Fsp3) is 0.316. The minimum Gasteiger partial charge on any atom is -0.477 e. The van der Waals surface area contributed by atoms with Gasteiger partial charge < -0.3 is 26.3 Å². The highest BCUT2D eigenvalue weighted by atomic mass is 32.2. The molecule has 2 saturated heterocycles. The highest BCUT2D eigenvalue weighted by molar-refractivity contribution is 8.00. The van der Waals surface area contributed by atoms with Crippen molar-refractivity contribution in [1.29, 1.82) is 0 Å². The third kappa shape index (κ3) is 4.38. The lowest BCUT2D eigenvalue weighted by molar-refractivity contribution is -0.150. The quantitative estimate of drug-likeness (QED) is 0.124. The fourth-order valence-electron chi connectivity index (χ4n) is 3.56. The van der Waals surface area contributed by atoms with E-state index in [1.54, 1.807) is 0 Å². The molecule has 4 rings (SSSR count). The van der Waals surface area contributed by atoms with Gasteiger partial charge in [0.05, 0.1) is 0 Å². The van der Waals surface area contributed by atoms with E-state index >= 15 is 0 Å². The summed E-state index contributed by atoms with van der Waals surface area (Å²) in [6.45, 7) is 1.57. The molecule has 0 radical (unpaired) electrons. The van der Waals surface area contributed by atoms with Crippen molar-refractivity contribution in [3.63, 3.8) is 0 Å². The normalized spacial score (nSPS) is 23.4. The minimum atomic E-state index is -1.32. The predicted molar refractivity (Wildman–Crippen MR) is 120 cm³/mol. The summed E-state index contributed by atoms with van der Waals surface area (Å²) in [6, 6.07) is -1.05. The molecule has 2 atom stereocenters. The van der Waals surface area contributed by atoms with Crippen LogP contribution in [0.2, 0.25) is 0 Å². The Morgan fingerprint density at radius 1 is 1.41 bits per heavy atom. The van der Waals surface area contributed by atoms with Crippen LogP contribution in [0.15, 0.2) is 33.5 Å². The first-order valence-corrected chi connectivity index (χ1v) is 11.8. The lowest BCUT2D eigenvalue weighted by atomic mass is 10.0. The van der Waals surface area contributed by atoms with E-state index in [0.717, 1.165) is 23.2 Å². The number of β-lactam (4-membered cyclic amide) rings is 1. The number of amides is 3. The molecule has 0 aliphatic carbocycles. The van der Waals surface area contributed by atoms with Gasteiger partial charge in [0.2, 0.25) is 5.91 Å². The average molecular weight is 507 g/mol. The highest BCUT2D eigenvalue weighted by Gasteiger charge is 2.54. The Hall–Kier alpha value is -3.72. The molecule has 4 heterocycles. The van der Waals surface area contributed by atoms with E-state index in [1.165, 1.54) is 23.2 Å². The number of carbonyl (C=O) groups excluding carboxylic acids is 4. The van der Waals surface area contributed by atoms with E-state index in [-0.39, 0.29) is 33.9 Å². The number of nitrogen functional groups attached to an aromatic ring is 1. The molecule has 0 saturated carbocycles. The van der Waals surface area contributed by atoms with Crippen LogP contribution in [-0.2, 0) is 28.8 Å². The lowest BCUT2D eigenvalue weighted by Crippen LogP contribution is -2.71. The number of rotatable bonds is 6. The third-order valence-corrected chi connectivity index (χ3v) is 7.03. The topological polar surface area (TPSA) is 193 Å². The summed E-state index contributed by atoms with van der Waals surface area (Å²) in [5, 5.41) is 19.3. The molecule has 178 valence electrons. The Morgan fingerprint density at radius 3 is 2.76 bits per heavy atom. The minimum absolute atomic E-state index is 0.0519. The third-order valence-electron chi connectivity index (χ3n) is 5.05. The molecule has 3 amide bonds. The summed E-state index contributed by atoms with van der Waals surface area (Å²) in [4.78, 5) is 70.3. The zero-order valence-electron chi connectivity index (χ0n) is 17.6. The molecule has 5 N–H and O–H groups in total. The standard InChI is InChI=1S/C19H18N6O7S2/c1-7(26)32-24-11(10-6-34-19(20)22-10)15(28)23-12-16(29)25-13(18(30)31)9(5-33-17(12)25)4-8-2-3-21-14(8)27/h4,6,12,17H,2-3,5H2,1H3,(H2,20,22)(H,21,27)(H,23,28)(H,30,31)/t12-,17-/m1/s1. The summed E-state index contributed by atoms with van der Waals surface area (Å²) in [5.41, 5.74) is 5.85. The molecule has 1 aromatic rings. The first-order valence-electron chi connectivity index (χ1n) is 9.85. The number of aromatic nitrogens is 1. The monoisotopic (exact) mass is 506 g/mol. The molecule has 3 aliphatic rings. The number of carbonyl (C=O) groups is 5. The van der Waals surface area contributed by atoms with Crippen LogP contribution in [-0.4, -0.2) is 74.1 Å². The van der Waals surface area contributed by atoms with Gasteiger partial charge in [0.1, 0.15) is 22.8 Å². The van der Waals surface area contributed by atoms with Crippen LogP contribution < -0.4 is 16.4 Å². The number of nitrogens with one attached hydrogen (secondary N) is 2. The number of allylic oxidation sites excluding steroid dienone is 1. The van der Waals surface area contributed by atoms with Crippen LogP contribution in [0.1, 0.15) is 19.0 Å². The maximum Gasteiger partial charge on any atom is 0.352 e. The Balaban J connectivity index is 1.56. The van der Waals surface area contributed by atoms with E-state index in [4.69, 9.17) is 5.73 Å². The summed E-state index contributed by atoms with van der Waals surface area (Å²) < 4.78 is 0. The van der Waals surface area contributed by atoms with Crippen LogP contribution in [0.3, 0.4) is 0 Å². The number of oxime groups is 1. The van der Waals surface area contributed by atoms with Crippen molar-refractivity contribution in [2.24, 2.45) is 5.16 Å². The largest absolute Gasteiger partial charge is 0.477 e. The maximum atomic E-state index is 12.9. The van der Waals surface area contributed by atoms with E-state index in [9.17, 15) is 29.1 Å². The molecule has 15 heteroatoms. The number of nitrogens with two attached hydrogens (primary N) is 1. The van der Waals surface area contributed by atoms with Crippen LogP contribution in [0.5, 0.6) is 0 Å². The second-order valence-corrected chi connectivity index (χ2v) is 9.30. The number of thiazole rings is 1. The molecule has 0 aromatic carbocycles. The van der Waals surface area contributed by atoms with Crippen LogP contribution in [0, 0.1) is 0 Å². The SMILES string of the molecule is CC(=O)ON=C(C(=O)N[C@@H]1C(=O)N2C(C(=O)O)=C(C=C3CCNC3=O)CS[C@H]12)c1csc(N)n1. The summed E-state index contributed by atoms with van der Waals surface area (Å²) in [6.07, 6.45) is 1.96. The van der Waals surface area contributed by atoms with Crippen molar-refractivity contribution in [3.05, 3.63) is 34.0 Å². The van der Waals surface area contributed by atoms with Gasteiger partial charge in [-0.05, 0) is 18.1 Å². The number of hydrogen-bond acceptors (Lipinski definition) is 11. The van der Waals surface area contributed by atoms with Crippen LogP contribution in [0.4, 0.5) is 5.13 Å². The second kappa shape index (κ2) is 9.26. The molecule has 2 fully saturated rings. The number of carboxylic acids is 1. The second-order valence-electron chi connectivity index (χ2n) is 7.31. The molecule has 34 heavy (non-hydrogen) atoms.